The summed E-state index contributed by atoms with van der Waals surface area (Å²) in [7, 11) is 1.96. The summed E-state index contributed by atoms with van der Waals surface area (Å²) in [5, 5.41) is 14.2. The highest BCUT2D eigenvalue weighted by atomic mass is 32.2. The molecule has 0 aliphatic rings. The molecular formula is C13H18N5O2S+. The average Bonchev–Trinajstić information content (AvgIpc) is 2.85. The second-order valence-electron chi connectivity index (χ2n) is 4.52. The van der Waals surface area contributed by atoms with Gasteiger partial charge in [-0.15, -0.1) is 16.4 Å². The number of nitrogen functional groups attached to an aromatic ring is 1. The number of aromatic nitrogens is 2. The second-order valence-corrected chi connectivity index (χ2v) is 5.37. The summed E-state index contributed by atoms with van der Waals surface area (Å²) in [5.74, 6) is 0. The molecule has 1 heterocycles. The monoisotopic (exact) mass is 308 g/mol. The van der Waals surface area contributed by atoms with E-state index in [1.165, 1.54) is 17.8 Å². The van der Waals surface area contributed by atoms with Crippen molar-refractivity contribution in [2.75, 3.05) is 23.9 Å². The zero-order chi connectivity index (χ0) is 15.4. The third-order valence-electron chi connectivity index (χ3n) is 3.17. The lowest BCUT2D eigenvalue weighted by Gasteiger charge is -2.11. The molecule has 3 N–H and O–H groups in total. The second kappa shape index (κ2) is 6.49. The number of anilines is 2. The summed E-state index contributed by atoms with van der Waals surface area (Å²) in [6.07, 6.45) is 5.85. The molecule has 8 heteroatoms. The van der Waals surface area contributed by atoms with Crippen molar-refractivity contribution in [3.63, 3.8) is 0 Å². The van der Waals surface area contributed by atoms with Gasteiger partial charge in [-0.25, -0.2) is 0 Å². The molecule has 0 saturated heterocycles. The number of thioether (sulfide) groups is 1. The van der Waals surface area contributed by atoms with Crippen molar-refractivity contribution >= 4 is 28.8 Å². The summed E-state index contributed by atoms with van der Waals surface area (Å²) in [4.78, 5) is 11.4. The van der Waals surface area contributed by atoms with Crippen LogP contribution in [0.1, 0.15) is 0 Å². The molecular weight excluding hydrogens is 290 g/mol. The number of hydrogen-bond donors (Lipinski definition) is 2. The van der Waals surface area contributed by atoms with Crippen LogP contribution in [0.3, 0.4) is 0 Å². The fraction of sp³-hybridized carbons (Fsp3) is 0.308. The maximum atomic E-state index is 11.0. The first-order valence-corrected chi connectivity index (χ1v) is 7.62. The first-order chi connectivity index (χ1) is 10.0. The molecule has 0 atom stereocenters. The van der Waals surface area contributed by atoms with Crippen LogP contribution in [0.25, 0.3) is 0 Å². The quantitative estimate of drug-likeness (QED) is 0.278. The Kier molecular flexibility index (Phi) is 4.69. The SMILES string of the molecule is CSc1cc(N)c([N+](=O)[O-])cc1NCCn1ccc[n+]1C. The number of hydrogen-bond acceptors (Lipinski definition) is 5. The van der Waals surface area contributed by atoms with Crippen molar-refractivity contribution in [1.82, 2.24) is 4.68 Å². The van der Waals surface area contributed by atoms with Crippen molar-refractivity contribution in [2.45, 2.75) is 11.4 Å². The normalized spacial score (nSPS) is 10.6. The standard InChI is InChI=1S/C13H18N5O2S/c1-16-5-3-6-17(16)7-4-15-11-9-12(18(19)20)10(14)8-13(11)21-2/h3,5-6,8-9,15H,4,7,14H2,1-2H3/q+1. The molecule has 112 valence electrons. The van der Waals surface area contributed by atoms with E-state index >= 15 is 0 Å². The van der Waals surface area contributed by atoms with Gasteiger partial charge in [-0.1, -0.05) is 0 Å². The predicted molar refractivity (Wildman–Crippen MR) is 83.4 cm³/mol. The Balaban J connectivity index is 2.13. The fourth-order valence-electron chi connectivity index (χ4n) is 2.04. The Morgan fingerprint density at radius 3 is 2.86 bits per heavy atom. The molecule has 0 saturated carbocycles. The van der Waals surface area contributed by atoms with E-state index in [4.69, 9.17) is 5.73 Å². The van der Waals surface area contributed by atoms with Crippen LogP contribution in [0.5, 0.6) is 0 Å². The van der Waals surface area contributed by atoms with E-state index in [0.717, 1.165) is 17.1 Å². The van der Waals surface area contributed by atoms with E-state index in [0.29, 0.717) is 6.54 Å². The molecule has 0 unspecified atom stereocenters. The van der Waals surface area contributed by atoms with Crippen LogP contribution in [0, 0.1) is 10.1 Å². The Bertz CT molecular complexity index is 656. The number of nitrogens with one attached hydrogen (secondary N) is 1. The molecule has 7 nitrogen and oxygen atoms in total. The minimum atomic E-state index is -0.462. The summed E-state index contributed by atoms with van der Waals surface area (Å²) in [5.41, 5.74) is 6.56. The highest BCUT2D eigenvalue weighted by molar-refractivity contribution is 7.98. The van der Waals surface area contributed by atoms with Gasteiger partial charge in [0.1, 0.15) is 5.69 Å². The van der Waals surface area contributed by atoms with Gasteiger partial charge in [0.25, 0.3) is 5.69 Å². The van der Waals surface area contributed by atoms with Crippen molar-refractivity contribution < 1.29 is 9.61 Å². The van der Waals surface area contributed by atoms with Gasteiger partial charge >= 0.3 is 0 Å². The van der Waals surface area contributed by atoms with Crippen molar-refractivity contribution in [2.24, 2.45) is 7.05 Å². The van der Waals surface area contributed by atoms with Crippen molar-refractivity contribution in [3.8, 4) is 0 Å². The highest BCUT2D eigenvalue weighted by Crippen LogP contribution is 2.34. The van der Waals surface area contributed by atoms with Crippen LogP contribution in [-0.2, 0) is 13.6 Å². The lowest BCUT2D eigenvalue weighted by atomic mass is 10.2. The smallest absolute Gasteiger partial charge is 0.294 e. The number of nitrogens with zero attached hydrogens (tertiary/aromatic N) is 3. The van der Waals surface area contributed by atoms with Gasteiger partial charge in [0, 0.05) is 23.6 Å². The zero-order valence-electron chi connectivity index (χ0n) is 11.9. The van der Waals surface area contributed by atoms with Gasteiger partial charge in [0.2, 0.25) is 0 Å². The summed E-state index contributed by atoms with van der Waals surface area (Å²) >= 11 is 1.50. The van der Waals surface area contributed by atoms with Crippen LogP contribution in [0.4, 0.5) is 17.1 Å². The number of nitro groups is 1. The Hall–Kier alpha value is -2.22. The number of aryl methyl sites for hydroxylation is 1. The largest absolute Gasteiger partial charge is 0.393 e. The zero-order valence-corrected chi connectivity index (χ0v) is 12.8. The van der Waals surface area contributed by atoms with Crippen LogP contribution in [-0.4, -0.2) is 22.4 Å². The maximum Gasteiger partial charge on any atom is 0.294 e. The predicted octanol–water partition coefficient (Wildman–Crippen LogP) is 1.64. The van der Waals surface area contributed by atoms with Gasteiger partial charge in [0.05, 0.1) is 23.4 Å². The van der Waals surface area contributed by atoms with Gasteiger partial charge in [-0.2, -0.15) is 4.68 Å². The van der Waals surface area contributed by atoms with Crippen LogP contribution in [0.2, 0.25) is 0 Å². The van der Waals surface area contributed by atoms with Crippen molar-refractivity contribution in [3.05, 3.63) is 40.7 Å². The first kappa shape index (κ1) is 15.2. The molecule has 0 bridgehead atoms. The van der Waals surface area contributed by atoms with E-state index in [1.807, 2.05) is 41.1 Å². The van der Waals surface area contributed by atoms with Gasteiger partial charge in [-0.3, -0.25) is 10.1 Å². The molecule has 21 heavy (non-hydrogen) atoms. The minimum Gasteiger partial charge on any atom is -0.393 e. The third-order valence-corrected chi connectivity index (χ3v) is 3.94. The van der Waals surface area contributed by atoms with Crippen LogP contribution >= 0.6 is 11.8 Å². The fourth-order valence-corrected chi connectivity index (χ4v) is 2.64. The molecule has 2 rings (SSSR count). The number of nitrogens with two attached hydrogens (primary N) is 1. The number of benzene rings is 1. The first-order valence-electron chi connectivity index (χ1n) is 6.39. The number of nitro benzene ring substituents is 1. The number of rotatable bonds is 6. The van der Waals surface area contributed by atoms with Crippen molar-refractivity contribution in [1.29, 1.82) is 0 Å². The van der Waals surface area contributed by atoms with Crippen LogP contribution in [0.15, 0.2) is 35.5 Å². The van der Waals surface area contributed by atoms with Gasteiger partial charge < -0.3 is 11.1 Å². The highest BCUT2D eigenvalue weighted by Gasteiger charge is 2.15. The maximum absolute atomic E-state index is 11.0. The molecule has 1 aromatic heterocycles. The van der Waals surface area contributed by atoms with E-state index in [1.54, 1.807) is 6.07 Å². The van der Waals surface area contributed by atoms with Gasteiger partial charge in [-0.05, 0) is 12.3 Å². The van der Waals surface area contributed by atoms with Gasteiger partial charge in [0.15, 0.2) is 13.2 Å². The summed E-state index contributed by atoms with van der Waals surface area (Å²) < 4.78 is 4.01. The molecule has 1 aromatic carbocycles. The molecule has 0 spiro atoms. The molecule has 0 radical (unpaired) electrons. The van der Waals surface area contributed by atoms with E-state index < -0.39 is 4.92 Å². The molecule has 0 amide bonds. The minimum absolute atomic E-state index is 0.0678. The summed E-state index contributed by atoms with van der Waals surface area (Å²) in [6, 6.07) is 5.10. The third kappa shape index (κ3) is 3.46. The average molecular weight is 308 g/mol. The molecule has 0 fully saturated rings. The lowest BCUT2D eigenvalue weighted by Crippen LogP contribution is -2.39. The summed E-state index contributed by atoms with van der Waals surface area (Å²) in [6.45, 7) is 1.42. The van der Waals surface area contributed by atoms with E-state index in [9.17, 15) is 10.1 Å². The Labute approximate surface area is 126 Å². The van der Waals surface area contributed by atoms with Crippen LogP contribution < -0.4 is 15.7 Å². The van der Waals surface area contributed by atoms with E-state index in [-0.39, 0.29) is 11.4 Å². The molecule has 0 aliphatic heterocycles. The molecule has 0 aliphatic carbocycles. The lowest BCUT2D eigenvalue weighted by molar-refractivity contribution is -0.753. The Morgan fingerprint density at radius 1 is 1.52 bits per heavy atom. The topological polar surface area (TPSA) is 90.0 Å². The Morgan fingerprint density at radius 2 is 2.29 bits per heavy atom. The molecule has 2 aromatic rings. The van der Waals surface area contributed by atoms with E-state index in [2.05, 4.69) is 5.32 Å².